The summed E-state index contributed by atoms with van der Waals surface area (Å²) in [5.41, 5.74) is 0.554. The maximum atomic E-state index is 10.4. The van der Waals surface area contributed by atoms with Crippen molar-refractivity contribution in [3.05, 3.63) is 28.5 Å². The molecule has 1 heterocycles. The number of hydrogen-bond acceptors (Lipinski definition) is 2. The first-order valence-corrected chi connectivity index (χ1v) is 3.35. The van der Waals surface area contributed by atoms with Crippen LogP contribution in [0.4, 0.5) is 0 Å². The maximum Gasteiger partial charge on any atom is 0.356 e. The Labute approximate surface area is 80.8 Å². The number of aromatic carboxylic acids is 1. The van der Waals surface area contributed by atoms with E-state index in [-0.39, 0.29) is 23.1 Å². The van der Waals surface area contributed by atoms with Crippen LogP contribution in [0, 0.1) is 6.92 Å². The molecule has 0 bridgehead atoms. The van der Waals surface area contributed by atoms with Gasteiger partial charge in [-0.05, 0) is 19.1 Å². The largest absolute Gasteiger partial charge is 0.476 e. The predicted molar refractivity (Wildman–Crippen MR) is 48.2 cm³/mol. The summed E-state index contributed by atoms with van der Waals surface area (Å²) in [6.07, 6.45) is 0. The molecule has 12 heavy (non-hydrogen) atoms. The van der Waals surface area contributed by atoms with Crippen molar-refractivity contribution < 1.29 is 9.90 Å². The standard InChI is InChI=1S/C7H6ClNO2.ClH/c1-4-2-3-5(8)6(9-4)7(10)11;/h2-3H,1H3,(H,10,11);1H. The highest BCUT2D eigenvalue weighted by Gasteiger charge is 2.09. The van der Waals surface area contributed by atoms with Crippen molar-refractivity contribution in [1.82, 2.24) is 4.98 Å². The van der Waals surface area contributed by atoms with Gasteiger partial charge in [0.2, 0.25) is 0 Å². The van der Waals surface area contributed by atoms with E-state index in [0.717, 1.165) is 0 Å². The summed E-state index contributed by atoms with van der Waals surface area (Å²) in [7, 11) is 0. The van der Waals surface area contributed by atoms with E-state index in [4.69, 9.17) is 16.7 Å². The van der Waals surface area contributed by atoms with Crippen molar-refractivity contribution in [3.63, 3.8) is 0 Å². The van der Waals surface area contributed by atoms with Crippen LogP contribution >= 0.6 is 24.0 Å². The zero-order chi connectivity index (χ0) is 8.43. The van der Waals surface area contributed by atoms with Gasteiger partial charge < -0.3 is 5.11 Å². The van der Waals surface area contributed by atoms with E-state index in [1.54, 1.807) is 13.0 Å². The number of nitrogens with zero attached hydrogens (tertiary/aromatic N) is 1. The lowest BCUT2D eigenvalue weighted by atomic mass is 10.3. The van der Waals surface area contributed by atoms with Crippen molar-refractivity contribution in [3.8, 4) is 0 Å². The molecular weight excluding hydrogens is 201 g/mol. The third-order valence-electron chi connectivity index (χ3n) is 1.19. The van der Waals surface area contributed by atoms with E-state index in [9.17, 15) is 4.79 Å². The first-order valence-electron chi connectivity index (χ1n) is 2.97. The van der Waals surface area contributed by atoms with Crippen LogP contribution in [-0.4, -0.2) is 16.1 Å². The fraction of sp³-hybridized carbons (Fsp3) is 0.143. The van der Waals surface area contributed by atoms with Gasteiger partial charge in [-0.2, -0.15) is 0 Å². The molecule has 5 heteroatoms. The van der Waals surface area contributed by atoms with Crippen molar-refractivity contribution in [2.75, 3.05) is 0 Å². The number of hydrogen-bond donors (Lipinski definition) is 1. The molecule has 0 aromatic carbocycles. The van der Waals surface area contributed by atoms with Crippen LogP contribution in [0.15, 0.2) is 12.1 Å². The van der Waals surface area contributed by atoms with Crippen molar-refractivity contribution in [2.24, 2.45) is 0 Å². The summed E-state index contributed by atoms with van der Waals surface area (Å²) in [6, 6.07) is 3.18. The van der Waals surface area contributed by atoms with Crippen LogP contribution in [0.2, 0.25) is 5.02 Å². The van der Waals surface area contributed by atoms with E-state index < -0.39 is 5.97 Å². The smallest absolute Gasteiger partial charge is 0.356 e. The topological polar surface area (TPSA) is 50.2 Å². The maximum absolute atomic E-state index is 10.4. The number of carboxylic acids is 1. The van der Waals surface area contributed by atoms with E-state index in [1.807, 2.05) is 0 Å². The molecule has 0 unspecified atom stereocenters. The lowest BCUT2D eigenvalue weighted by Gasteiger charge is -1.97. The molecule has 1 aromatic rings. The summed E-state index contributed by atoms with van der Waals surface area (Å²) < 4.78 is 0. The third-order valence-corrected chi connectivity index (χ3v) is 1.49. The van der Waals surface area contributed by atoms with Crippen LogP contribution in [0.25, 0.3) is 0 Å². The summed E-state index contributed by atoms with van der Waals surface area (Å²) in [5, 5.41) is 8.71. The molecule has 0 atom stereocenters. The minimum absolute atomic E-state index is 0. The first kappa shape index (κ1) is 11.2. The van der Waals surface area contributed by atoms with Crippen molar-refractivity contribution >= 4 is 30.0 Å². The van der Waals surface area contributed by atoms with E-state index >= 15 is 0 Å². The number of halogens is 2. The third kappa shape index (κ3) is 2.36. The molecule has 0 fully saturated rings. The highest BCUT2D eigenvalue weighted by molar-refractivity contribution is 6.33. The Morgan fingerprint density at radius 3 is 2.58 bits per heavy atom. The van der Waals surface area contributed by atoms with Gasteiger partial charge in [0.25, 0.3) is 0 Å². The van der Waals surface area contributed by atoms with Crippen molar-refractivity contribution in [2.45, 2.75) is 6.92 Å². The molecule has 0 saturated carbocycles. The van der Waals surface area contributed by atoms with Crippen molar-refractivity contribution in [1.29, 1.82) is 0 Å². The van der Waals surface area contributed by atoms with Crippen LogP contribution < -0.4 is 0 Å². The average Bonchev–Trinajstić information content (AvgIpc) is 1.94. The Hall–Kier alpha value is -0.800. The Balaban J connectivity index is 0.00000121. The summed E-state index contributed by atoms with van der Waals surface area (Å²) in [4.78, 5) is 14.2. The van der Waals surface area contributed by atoms with Gasteiger partial charge in [0.1, 0.15) is 0 Å². The van der Waals surface area contributed by atoms with Crippen LogP contribution in [0.3, 0.4) is 0 Å². The van der Waals surface area contributed by atoms with Gasteiger partial charge in [0.05, 0.1) is 5.02 Å². The zero-order valence-corrected chi connectivity index (χ0v) is 7.82. The second-order valence-corrected chi connectivity index (χ2v) is 2.50. The molecule has 1 N–H and O–H groups in total. The van der Waals surface area contributed by atoms with E-state index in [0.29, 0.717) is 5.69 Å². The molecule has 0 aliphatic rings. The lowest BCUT2D eigenvalue weighted by Crippen LogP contribution is -2.01. The minimum atomic E-state index is -1.10. The molecule has 0 aliphatic carbocycles. The first-order chi connectivity index (χ1) is 5.11. The molecule has 1 aromatic heterocycles. The van der Waals surface area contributed by atoms with Gasteiger partial charge in [-0.15, -0.1) is 12.4 Å². The second-order valence-electron chi connectivity index (χ2n) is 2.09. The molecule has 1 rings (SSSR count). The molecule has 0 aliphatic heterocycles. The molecular formula is C7H7Cl2NO2. The monoisotopic (exact) mass is 207 g/mol. The van der Waals surface area contributed by atoms with Crippen LogP contribution in [-0.2, 0) is 0 Å². The second kappa shape index (κ2) is 4.28. The zero-order valence-electron chi connectivity index (χ0n) is 6.24. The summed E-state index contributed by atoms with van der Waals surface area (Å²) in [5.74, 6) is -1.10. The highest BCUT2D eigenvalue weighted by Crippen LogP contribution is 2.13. The average molecular weight is 208 g/mol. The Morgan fingerprint density at radius 1 is 1.58 bits per heavy atom. The molecule has 0 amide bonds. The van der Waals surface area contributed by atoms with Gasteiger partial charge in [-0.3, -0.25) is 0 Å². The van der Waals surface area contributed by atoms with Crippen LogP contribution in [0.1, 0.15) is 16.2 Å². The number of aromatic nitrogens is 1. The van der Waals surface area contributed by atoms with Gasteiger partial charge in [0, 0.05) is 5.69 Å². The van der Waals surface area contributed by atoms with Gasteiger partial charge in [-0.1, -0.05) is 11.6 Å². The molecule has 3 nitrogen and oxygen atoms in total. The Bertz CT molecular complexity index is 301. The number of carboxylic acid groups (broad SMARTS) is 1. The fourth-order valence-electron chi connectivity index (χ4n) is 0.690. The molecule has 0 spiro atoms. The Kier molecular flexibility index (Phi) is 4.00. The SMILES string of the molecule is Cc1ccc(Cl)c(C(=O)O)n1.Cl. The number of pyridine rings is 1. The molecule has 0 radical (unpaired) electrons. The van der Waals surface area contributed by atoms with Crippen LogP contribution in [0.5, 0.6) is 0 Å². The van der Waals surface area contributed by atoms with Gasteiger partial charge in [-0.25, -0.2) is 9.78 Å². The van der Waals surface area contributed by atoms with E-state index in [1.165, 1.54) is 6.07 Å². The number of carbonyl (C=O) groups is 1. The molecule has 66 valence electrons. The van der Waals surface area contributed by atoms with Gasteiger partial charge >= 0.3 is 5.97 Å². The Morgan fingerprint density at radius 2 is 2.17 bits per heavy atom. The number of rotatable bonds is 1. The minimum Gasteiger partial charge on any atom is -0.476 e. The fourth-order valence-corrected chi connectivity index (χ4v) is 0.876. The molecule has 0 saturated heterocycles. The predicted octanol–water partition coefficient (Wildman–Crippen LogP) is 2.16. The summed E-state index contributed by atoms with van der Waals surface area (Å²) >= 11 is 5.55. The lowest BCUT2D eigenvalue weighted by molar-refractivity contribution is 0.0690. The number of aryl methyl sites for hydroxylation is 1. The van der Waals surface area contributed by atoms with Gasteiger partial charge in [0.15, 0.2) is 5.69 Å². The quantitative estimate of drug-likeness (QED) is 0.769. The van der Waals surface area contributed by atoms with E-state index in [2.05, 4.69) is 4.98 Å². The highest BCUT2D eigenvalue weighted by atomic mass is 35.5. The summed E-state index contributed by atoms with van der Waals surface area (Å²) in [6.45, 7) is 1.71. The normalized spacial score (nSPS) is 8.83.